The summed E-state index contributed by atoms with van der Waals surface area (Å²) in [5.41, 5.74) is 0.813. The number of hydrogen-bond donors (Lipinski definition) is 0. The third-order valence-electron chi connectivity index (χ3n) is 4.59. The fourth-order valence-corrected chi connectivity index (χ4v) is 2.57. The summed E-state index contributed by atoms with van der Waals surface area (Å²) in [5.74, 6) is 1.27. The maximum absolute atomic E-state index is 12.4. The van der Waals surface area contributed by atoms with Crippen LogP contribution in [0.5, 0.6) is 11.5 Å². The Balaban J connectivity index is 1.85. The summed E-state index contributed by atoms with van der Waals surface area (Å²) in [4.78, 5) is 24.8. The van der Waals surface area contributed by atoms with Gasteiger partial charge in [0.05, 0.1) is 24.3 Å². The molecule has 2 rings (SSSR count). The van der Waals surface area contributed by atoms with Crippen LogP contribution in [-0.4, -0.2) is 37.4 Å². The zero-order valence-corrected chi connectivity index (χ0v) is 19.8. The van der Waals surface area contributed by atoms with E-state index in [9.17, 15) is 9.59 Å². The molecule has 0 N–H and O–H groups in total. The van der Waals surface area contributed by atoms with Gasteiger partial charge in [-0.05, 0) is 74.2 Å². The van der Waals surface area contributed by atoms with Gasteiger partial charge in [-0.25, -0.2) is 9.59 Å². The van der Waals surface area contributed by atoms with Gasteiger partial charge in [0, 0.05) is 0 Å². The second kappa shape index (κ2) is 12.1. The van der Waals surface area contributed by atoms with Crippen LogP contribution in [0.2, 0.25) is 0 Å². The van der Waals surface area contributed by atoms with Crippen molar-refractivity contribution in [3.63, 3.8) is 0 Å². The van der Waals surface area contributed by atoms with E-state index in [0.29, 0.717) is 47.7 Å². The van der Waals surface area contributed by atoms with Crippen LogP contribution >= 0.6 is 0 Å². The molecule has 2 atom stereocenters. The van der Waals surface area contributed by atoms with Crippen molar-refractivity contribution in [3.05, 3.63) is 59.7 Å². The summed E-state index contributed by atoms with van der Waals surface area (Å²) >= 11 is 0. The molecule has 32 heavy (non-hydrogen) atoms. The van der Waals surface area contributed by atoms with E-state index in [4.69, 9.17) is 18.9 Å². The number of hydrogen-bond acceptors (Lipinski definition) is 6. The van der Waals surface area contributed by atoms with Crippen molar-refractivity contribution in [1.29, 1.82) is 0 Å². The molecule has 2 unspecified atom stereocenters. The Labute approximate surface area is 190 Å². The van der Waals surface area contributed by atoms with E-state index in [1.807, 2.05) is 0 Å². The minimum atomic E-state index is -0.614. The standard InChI is InChI=1S/C26H34O6/c1-17(2)15-29-23-11-7-21(8-12-23)25(27)31-19(5)20(6)32-26(28)22-9-13-24(14-10-22)30-16-18(3)4/h7-14,17-20H,15-16H2,1-6H3. The first-order valence-electron chi connectivity index (χ1n) is 11.0. The number of carbonyl (C=O) groups excluding carboxylic acids is 2. The van der Waals surface area contributed by atoms with Gasteiger partial charge in [-0.2, -0.15) is 0 Å². The van der Waals surface area contributed by atoms with Crippen molar-refractivity contribution in [2.45, 2.75) is 53.8 Å². The summed E-state index contributed by atoms with van der Waals surface area (Å²) in [5, 5.41) is 0. The highest BCUT2D eigenvalue weighted by atomic mass is 16.6. The summed E-state index contributed by atoms with van der Waals surface area (Å²) in [7, 11) is 0. The van der Waals surface area contributed by atoms with Crippen LogP contribution in [-0.2, 0) is 9.47 Å². The molecule has 0 aliphatic heterocycles. The number of rotatable bonds is 11. The molecule has 0 aromatic heterocycles. The molecule has 2 aromatic carbocycles. The summed E-state index contributed by atoms with van der Waals surface area (Å²) < 4.78 is 22.2. The van der Waals surface area contributed by atoms with Gasteiger partial charge in [0.1, 0.15) is 23.7 Å². The molecule has 0 aliphatic carbocycles. The van der Waals surface area contributed by atoms with Gasteiger partial charge in [0.2, 0.25) is 0 Å². The summed E-state index contributed by atoms with van der Waals surface area (Å²) in [6.45, 7) is 12.9. The Hall–Kier alpha value is -3.02. The quantitative estimate of drug-likeness (QED) is 0.425. The van der Waals surface area contributed by atoms with Gasteiger partial charge >= 0.3 is 11.9 Å². The largest absolute Gasteiger partial charge is 0.493 e. The Morgan fingerprint density at radius 3 is 1.19 bits per heavy atom. The monoisotopic (exact) mass is 442 g/mol. The van der Waals surface area contributed by atoms with Crippen LogP contribution in [0.3, 0.4) is 0 Å². The lowest BCUT2D eigenvalue weighted by Gasteiger charge is -2.21. The Morgan fingerprint density at radius 1 is 0.594 bits per heavy atom. The SMILES string of the molecule is CC(C)COc1ccc(C(=O)OC(C)C(C)OC(=O)c2ccc(OCC(C)C)cc2)cc1. The fourth-order valence-electron chi connectivity index (χ4n) is 2.57. The molecular formula is C26H34O6. The molecule has 6 heteroatoms. The fraction of sp³-hybridized carbons (Fsp3) is 0.462. The lowest BCUT2D eigenvalue weighted by molar-refractivity contribution is -0.0239. The lowest BCUT2D eigenvalue weighted by Crippen LogP contribution is -2.30. The second-order valence-corrected chi connectivity index (χ2v) is 8.68. The molecule has 0 amide bonds. The van der Waals surface area contributed by atoms with Crippen molar-refractivity contribution < 1.29 is 28.5 Å². The molecule has 0 fully saturated rings. The highest BCUT2D eigenvalue weighted by molar-refractivity contribution is 5.90. The summed E-state index contributed by atoms with van der Waals surface area (Å²) in [6, 6.07) is 13.6. The normalized spacial score (nSPS) is 12.9. The van der Waals surface area contributed by atoms with Gasteiger partial charge < -0.3 is 18.9 Å². The zero-order valence-electron chi connectivity index (χ0n) is 19.8. The van der Waals surface area contributed by atoms with E-state index in [0.717, 1.165) is 0 Å². The topological polar surface area (TPSA) is 71.1 Å². The molecule has 174 valence electrons. The van der Waals surface area contributed by atoms with Gasteiger partial charge in [0.25, 0.3) is 0 Å². The Morgan fingerprint density at radius 2 is 0.906 bits per heavy atom. The van der Waals surface area contributed by atoms with Crippen LogP contribution < -0.4 is 9.47 Å². The first kappa shape index (κ1) is 25.2. The molecule has 0 bridgehead atoms. The lowest BCUT2D eigenvalue weighted by atomic mass is 10.2. The van der Waals surface area contributed by atoms with E-state index in [2.05, 4.69) is 27.7 Å². The maximum Gasteiger partial charge on any atom is 0.338 e. The maximum atomic E-state index is 12.4. The number of carbonyl (C=O) groups is 2. The molecule has 0 heterocycles. The van der Waals surface area contributed by atoms with Gasteiger partial charge in [0.15, 0.2) is 0 Å². The number of ether oxygens (including phenoxy) is 4. The van der Waals surface area contributed by atoms with Crippen LogP contribution in [0.25, 0.3) is 0 Å². The first-order chi connectivity index (χ1) is 15.2. The Bertz CT molecular complexity index is 781. The molecule has 0 saturated heterocycles. The van der Waals surface area contributed by atoms with E-state index in [1.165, 1.54) is 0 Å². The van der Waals surface area contributed by atoms with Crippen molar-refractivity contribution in [2.24, 2.45) is 11.8 Å². The Kier molecular flexibility index (Phi) is 9.57. The van der Waals surface area contributed by atoms with Crippen molar-refractivity contribution in [3.8, 4) is 11.5 Å². The third-order valence-corrected chi connectivity index (χ3v) is 4.59. The van der Waals surface area contributed by atoms with E-state index >= 15 is 0 Å². The van der Waals surface area contributed by atoms with Crippen molar-refractivity contribution in [2.75, 3.05) is 13.2 Å². The highest BCUT2D eigenvalue weighted by Gasteiger charge is 2.22. The van der Waals surface area contributed by atoms with Crippen LogP contribution in [0, 0.1) is 11.8 Å². The van der Waals surface area contributed by atoms with Crippen LogP contribution in [0.1, 0.15) is 62.3 Å². The molecular weight excluding hydrogens is 408 g/mol. The van der Waals surface area contributed by atoms with Gasteiger partial charge in [-0.3, -0.25) is 0 Å². The molecule has 2 aromatic rings. The van der Waals surface area contributed by atoms with Crippen LogP contribution in [0.15, 0.2) is 48.5 Å². The van der Waals surface area contributed by atoms with Crippen molar-refractivity contribution >= 4 is 11.9 Å². The summed E-state index contributed by atoms with van der Waals surface area (Å²) in [6.07, 6.45) is -1.23. The minimum Gasteiger partial charge on any atom is -0.493 e. The van der Waals surface area contributed by atoms with E-state index < -0.39 is 24.1 Å². The highest BCUT2D eigenvalue weighted by Crippen LogP contribution is 2.17. The van der Waals surface area contributed by atoms with E-state index in [-0.39, 0.29) is 0 Å². The molecule has 0 radical (unpaired) electrons. The van der Waals surface area contributed by atoms with Crippen LogP contribution in [0.4, 0.5) is 0 Å². The third kappa shape index (κ3) is 8.25. The molecule has 0 saturated carbocycles. The predicted octanol–water partition coefficient (Wildman–Crippen LogP) is 5.55. The van der Waals surface area contributed by atoms with Crippen molar-refractivity contribution in [1.82, 2.24) is 0 Å². The average Bonchev–Trinajstić information content (AvgIpc) is 2.76. The minimum absolute atomic E-state index is 0.407. The number of benzene rings is 2. The first-order valence-corrected chi connectivity index (χ1v) is 11.0. The van der Waals surface area contributed by atoms with E-state index in [1.54, 1.807) is 62.4 Å². The smallest absolute Gasteiger partial charge is 0.338 e. The molecule has 6 nitrogen and oxygen atoms in total. The molecule has 0 aliphatic rings. The van der Waals surface area contributed by atoms with Gasteiger partial charge in [-0.15, -0.1) is 0 Å². The van der Waals surface area contributed by atoms with Gasteiger partial charge in [-0.1, -0.05) is 27.7 Å². The average molecular weight is 443 g/mol. The molecule has 0 spiro atoms. The predicted molar refractivity (Wildman–Crippen MR) is 123 cm³/mol. The number of esters is 2. The zero-order chi connectivity index (χ0) is 23.7. The second-order valence-electron chi connectivity index (χ2n) is 8.68.